The van der Waals surface area contributed by atoms with Crippen LogP contribution in [-0.2, 0) is 0 Å². The largest absolute Gasteiger partial charge is 0.390 e. The van der Waals surface area contributed by atoms with E-state index in [0.29, 0.717) is 17.1 Å². The molecule has 1 rings (SSSR count). The van der Waals surface area contributed by atoms with E-state index in [0.717, 1.165) is 5.56 Å². The number of nitrogens with two attached hydrogens (primary N) is 1. The van der Waals surface area contributed by atoms with E-state index < -0.39 is 12.6 Å². The molecule has 3 nitrogen and oxygen atoms in total. The second-order valence-electron chi connectivity index (χ2n) is 3.96. The highest BCUT2D eigenvalue weighted by Crippen LogP contribution is 2.22. The van der Waals surface area contributed by atoms with Gasteiger partial charge in [0.2, 0.25) is 0 Å². The predicted octanol–water partition coefficient (Wildman–Crippen LogP) is 2.70. The molecule has 0 aliphatic rings. The molecule has 3 N–H and O–H groups in total. The number of rotatable bonds is 4. The smallest absolute Gasteiger partial charge is 0.389 e. The van der Waals surface area contributed by atoms with Crippen molar-refractivity contribution in [3.63, 3.8) is 0 Å². The molecule has 0 aliphatic carbocycles. The molecule has 0 aromatic carbocycles. The van der Waals surface area contributed by atoms with Crippen molar-refractivity contribution in [2.45, 2.75) is 26.4 Å². The number of aryl methyl sites for hydroxylation is 2. The van der Waals surface area contributed by atoms with Crippen LogP contribution >= 0.6 is 12.2 Å². The van der Waals surface area contributed by atoms with Gasteiger partial charge in [-0.3, -0.25) is 0 Å². The van der Waals surface area contributed by atoms with Crippen LogP contribution in [0.1, 0.15) is 23.2 Å². The van der Waals surface area contributed by atoms with Gasteiger partial charge in [-0.15, -0.1) is 0 Å². The minimum atomic E-state index is -4.20. The van der Waals surface area contributed by atoms with Crippen molar-refractivity contribution >= 4 is 23.0 Å². The van der Waals surface area contributed by atoms with Crippen molar-refractivity contribution in [1.29, 1.82) is 0 Å². The molecule has 0 unspecified atom stereocenters. The first kappa shape index (κ1) is 14.7. The Balaban J connectivity index is 2.90. The zero-order valence-corrected chi connectivity index (χ0v) is 10.9. The second kappa shape index (κ2) is 5.51. The highest BCUT2D eigenvalue weighted by atomic mass is 32.1. The van der Waals surface area contributed by atoms with Crippen LogP contribution in [0.25, 0.3) is 0 Å². The van der Waals surface area contributed by atoms with Crippen molar-refractivity contribution in [1.82, 2.24) is 4.98 Å². The molecular formula is C11H14F3N3S. The molecule has 0 amide bonds. The molecule has 7 heteroatoms. The Morgan fingerprint density at radius 1 is 1.44 bits per heavy atom. The third-order valence-electron chi connectivity index (χ3n) is 2.29. The predicted molar refractivity (Wildman–Crippen MR) is 68.8 cm³/mol. The van der Waals surface area contributed by atoms with Crippen molar-refractivity contribution in [2.24, 2.45) is 5.73 Å². The van der Waals surface area contributed by atoms with Gasteiger partial charge in [0.15, 0.2) is 0 Å². The summed E-state index contributed by atoms with van der Waals surface area (Å²) < 4.78 is 36.2. The van der Waals surface area contributed by atoms with Gasteiger partial charge in [-0.1, -0.05) is 12.2 Å². The summed E-state index contributed by atoms with van der Waals surface area (Å²) in [4.78, 5) is 4.25. The number of alkyl halides is 3. The summed E-state index contributed by atoms with van der Waals surface area (Å²) in [6, 6.07) is 1.78. The number of halogens is 3. The van der Waals surface area contributed by atoms with E-state index in [9.17, 15) is 13.2 Å². The van der Waals surface area contributed by atoms with Gasteiger partial charge in [0, 0.05) is 12.2 Å². The van der Waals surface area contributed by atoms with Gasteiger partial charge in [-0.2, -0.15) is 13.2 Å². The third-order valence-corrected chi connectivity index (χ3v) is 2.50. The molecule has 0 atom stereocenters. The number of nitrogens with one attached hydrogen (secondary N) is 1. The summed E-state index contributed by atoms with van der Waals surface area (Å²) in [5.41, 5.74) is 7.54. The molecule has 18 heavy (non-hydrogen) atoms. The molecule has 0 radical (unpaired) electrons. The molecule has 0 fully saturated rings. The first-order valence-corrected chi connectivity index (χ1v) is 5.70. The average molecular weight is 277 g/mol. The Bertz CT molecular complexity index is 458. The van der Waals surface area contributed by atoms with E-state index in [2.05, 4.69) is 10.3 Å². The fraction of sp³-hybridized carbons (Fsp3) is 0.455. The normalized spacial score (nSPS) is 11.4. The quantitative estimate of drug-likeness (QED) is 0.831. The lowest BCUT2D eigenvalue weighted by molar-refractivity contribution is -0.131. The summed E-state index contributed by atoms with van der Waals surface area (Å²) in [6.45, 7) is 3.29. The third kappa shape index (κ3) is 4.14. The number of anilines is 1. The van der Waals surface area contributed by atoms with E-state index in [1.165, 1.54) is 0 Å². The van der Waals surface area contributed by atoms with Crippen LogP contribution in [0.5, 0.6) is 0 Å². The molecule has 1 aromatic heterocycles. The fourth-order valence-electron chi connectivity index (χ4n) is 1.60. The van der Waals surface area contributed by atoms with Gasteiger partial charge in [-0.25, -0.2) is 4.98 Å². The number of pyridine rings is 1. The number of hydrogen-bond donors (Lipinski definition) is 2. The van der Waals surface area contributed by atoms with Crippen molar-refractivity contribution in [3.05, 3.63) is 22.9 Å². The molecule has 0 spiro atoms. The van der Waals surface area contributed by atoms with Crippen LogP contribution in [0.4, 0.5) is 19.0 Å². The molecule has 0 saturated heterocycles. The van der Waals surface area contributed by atoms with Gasteiger partial charge in [0.1, 0.15) is 10.8 Å². The summed E-state index contributed by atoms with van der Waals surface area (Å²) in [5.74, 6) is 0.309. The average Bonchev–Trinajstić information content (AvgIpc) is 2.13. The number of thiocarbonyl (C=S) groups is 1. The lowest BCUT2D eigenvalue weighted by atomic mass is 10.1. The zero-order chi connectivity index (χ0) is 13.9. The minimum absolute atomic E-state index is 0.120. The van der Waals surface area contributed by atoms with Crippen LogP contribution in [-0.4, -0.2) is 22.7 Å². The van der Waals surface area contributed by atoms with Gasteiger partial charge in [0.05, 0.1) is 12.0 Å². The molecule has 0 saturated carbocycles. The molecular weight excluding hydrogens is 263 g/mol. The second-order valence-corrected chi connectivity index (χ2v) is 4.40. The Morgan fingerprint density at radius 2 is 2.06 bits per heavy atom. The van der Waals surface area contributed by atoms with E-state index in [1.54, 1.807) is 19.9 Å². The monoisotopic (exact) mass is 277 g/mol. The maximum absolute atomic E-state index is 12.1. The van der Waals surface area contributed by atoms with Gasteiger partial charge >= 0.3 is 6.18 Å². The Kier molecular flexibility index (Phi) is 4.50. The molecule has 0 bridgehead atoms. The fourth-order valence-corrected chi connectivity index (χ4v) is 1.86. The van der Waals surface area contributed by atoms with Crippen LogP contribution in [0.3, 0.4) is 0 Å². The first-order chi connectivity index (χ1) is 8.20. The SMILES string of the molecule is Cc1cc(C)c(C(N)=S)c(NCCC(F)(F)F)n1. The van der Waals surface area contributed by atoms with E-state index in [4.69, 9.17) is 18.0 Å². The lowest BCUT2D eigenvalue weighted by Crippen LogP contribution is -2.20. The van der Waals surface area contributed by atoms with E-state index >= 15 is 0 Å². The number of nitrogens with zero attached hydrogens (tertiary/aromatic N) is 1. The summed E-state index contributed by atoms with van der Waals surface area (Å²) >= 11 is 4.88. The zero-order valence-electron chi connectivity index (χ0n) is 10.1. The maximum Gasteiger partial charge on any atom is 0.390 e. The standard InChI is InChI=1S/C11H14F3N3S/c1-6-5-7(2)17-10(8(6)9(15)18)16-4-3-11(12,13)14/h5H,3-4H2,1-2H3,(H2,15,18)(H,16,17). The maximum atomic E-state index is 12.1. The van der Waals surface area contributed by atoms with Gasteiger partial charge < -0.3 is 11.1 Å². The highest BCUT2D eigenvalue weighted by molar-refractivity contribution is 7.80. The summed E-state index contributed by atoms with van der Waals surface area (Å²) in [6.07, 6.45) is -5.13. The number of hydrogen-bond acceptors (Lipinski definition) is 3. The summed E-state index contributed by atoms with van der Waals surface area (Å²) in [7, 11) is 0. The Hall–Kier alpha value is -1.37. The van der Waals surface area contributed by atoms with Gasteiger partial charge in [-0.05, 0) is 25.5 Å². The van der Waals surface area contributed by atoms with Crippen LogP contribution < -0.4 is 11.1 Å². The Morgan fingerprint density at radius 3 is 2.56 bits per heavy atom. The molecule has 100 valence electrons. The topological polar surface area (TPSA) is 50.9 Å². The molecule has 0 aliphatic heterocycles. The van der Waals surface area contributed by atoms with E-state index in [-0.39, 0.29) is 11.5 Å². The highest BCUT2D eigenvalue weighted by Gasteiger charge is 2.26. The first-order valence-electron chi connectivity index (χ1n) is 5.29. The minimum Gasteiger partial charge on any atom is -0.389 e. The molecule has 1 aromatic rings. The van der Waals surface area contributed by atoms with Crippen molar-refractivity contribution in [3.8, 4) is 0 Å². The van der Waals surface area contributed by atoms with Crippen molar-refractivity contribution in [2.75, 3.05) is 11.9 Å². The van der Waals surface area contributed by atoms with Crippen LogP contribution in [0.15, 0.2) is 6.07 Å². The van der Waals surface area contributed by atoms with E-state index in [1.807, 2.05) is 0 Å². The Labute approximate surface area is 109 Å². The van der Waals surface area contributed by atoms with Gasteiger partial charge in [0.25, 0.3) is 0 Å². The van der Waals surface area contributed by atoms with Crippen LogP contribution in [0.2, 0.25) is 0 Å². The van der Waals surface area contributed by atoms with Crippen LogP contribution in [0, 0.1) is 13.8 Å². The van der Waals surface area contributed by atoms with Crippen molar-refractivity contribution < 1.29 is 13.2 Å². The number of aromatic nitrogens is 1. The molecule has 1 heterocycles. The lowest BCUT2D eigenvalue weighted by Gasteiger charge is -2.14. The summed E-state index contributed by atoms with van der Waals surface area (Å²) in [5, 5.41) is 2.63.